The molecule has 0 aliphatic heterocycles. The highest BCUT2D eigenvalue weighted by Gasteiger charge is 2.09. The molecule has 2 rings (SSSR count). The van der Waals surface area contributed by atoms with E-state index < -0.39 is 0 Å². The lowest BCUT2D eigenvalue weighted by atomic mass is 10.0. The Bertz CT molecular complexity index is 582. The zero-order valence-electron chi connectivity index (χ0n) is 11.5. The number of rotatable bonds is 4. The molecular formula is C15H18BrN3. The molecule has 0 unspecified atom stereocenters. The van der Waals surface area contributed by atoms with Crippen LogP contribution < -0.4 is 5.32 Å². The maximum atomic E-state index is 4.61. The number of nitrogens with one attached hydrogen (secondary N) is 1. The standard InChI is InChI=1S/C15H18BrN3/c1-4-8-17-15-13(16)9-18-14(19-15)12-7-5-6-10(2)11(12)3/h5-7,9H,4,8H2,1-3H3,(H,17,18,19). The van der Waals surface area contributed by atoms with Crippen LogP contribution in [0.3, 0.4) is 0 Å². The lowest BCUT2D eigenvalue weighted by Gasteiger charge is -2.10. The highest BCUT2D eigenvalue weighted by Crippen LogP contribution is 2.26. The monoisotopic (exact) mass is 319 g/mol. The van der Waals surface area contributed by atoms with E-state index in [1.807, 2.05) is 12.3 Å². The lowest BCUT2D eigenvalue weighted by molar-refractivity contribution is 0.963. The van der Waals surface area contributed by atoms with Gasteiger partial charge in [0, 0.05) is 18.3 Å². The largest absolute Gasteiger partial charge is 0.369 e. The Labute approximate surface area is 122 Å². The first-order valence-electron chi connectivity index (χ1n) is 6.46. The van der Waals surface area contributed by atoms with Crippen LogP contribution in [0.2, 0.25) is 0 Å². The van der Waals surface area contributed by atoms with Crippen molar-refractivity contribution in [3.05, 3.63) is 40.0 Å². The van der Waals surface area contributed by atoms with Crippen LogP contribution in [0.25, 0.3) is 11.4 Å². The first-order chi connectivity index (χ1) is 9.13. The SMILES string of the molecule is CCCNc1nc(-c2cccc(C)c2C)ncc1Br. The first kappa shape index (κ1) is 14.0. The Hall–Kier alpha value is -1.42. The van der Waals surface area contributed by atoms with Crippen molar-refractivity contribution >= 4 is 21.7 Å². The Morgan fingerprint density at radius 3 is 2.79 bits per heavy atom. The molecule has 0 aliphatic rings. The first-order valence-corrected chi connectivity index (χ1v) is 7.25. The van der Waals surface area contributed by atoms with Gasteiger partial charge in [-0.15, -0.1) is 0 Å². The summed E-state index contributed by atoms with van der Waals surface area (Å²) in [4.78, 5) is 9.03. The molecule has 4 heteroatoms. The summed E-state index contributed by atoms with van der Waals surface area (Å²) < 4.78 is 0.898. The maximum absolute atomic E-state index is 4.61. The van der Waals surface area contributed by atoms with E-state index in [0.29, 0.717) is 0 Å². The molecule has 0 saturated carbocycles. The van der Waals surface area contributed by atoms with Crippen molar-refractivity contribution in [2.45, 2.75) is 27.2 Å². The third-order valence-electron chi connectivity index (χ3n) is 3.13. The second-order valence-corrected chi connectivity index (χ2v) is 5.42. The second-order valence-electron chi connectivity index (χ2n) is 4.56. The summed E-state index contributed by atoms with van der Waals surface area (Å²) >= 11 is 3.48. The number of aryl methyl sites for hydroxylation is 1. The number of anilines is 1. The third kappa shape index (κ3) is 3.13. The highest BCUT2D eigenvalue weighted by molar-refractivity contribution is 9.10. The van der Waals surface area contributed by atoms with Crippen molar-refractivity contribution in [1.82, 2.24) is 9.97 Å². The Morgan fingerprint density at radius 1 is 1.26 bits per heavy atom. The van der Waals surface area contributed by atoms with Gasteiger partial charge in [-0.05, 0) is 47.3 Å². The van der Waals surface area contributed by atoms with Crippen molar-refractivity contribution in [3.8, 4) is 11.4 Å². The van der Waals surface area contributed by atoms with Crippen molar-refractivity contribution in [3.63, 3.8) is 0 Å². The fourth-order valence-corrected chi connectivity index (χ4v) is 2.19. The number of aromatic nitrogens is 2. The smallest absolute Gasteiger partial charge is 0.161 e. The summed E-state index contributed by atoms with van der Waals surface area (Å²) in [6.07, 6.45) is 2.87. The van der Waals surface area contributed by atoms with E-state index in [4.69, 9.17) is 0 Å². The molecule has 0 amide bonds. The minimum absolute atomic E-state index is 0.767. The quantitative estimate of drug-likeness (QED) is 0.910. The van der Waals surface area contributed by atoms with Gasteiger partial charge >= 0.3 is 0 Å². The molecule has 0 atom stereocenters. The zero-order valence-corrected chi connectivity index (χ0v) is 13.1. The molecule has 0 radical (unpaired) electrons. The van der Waals surface area contributed by atoms with Crippen molar-refractivity contribution in [2.24, 2.45) is 0 Å². The second kappa shape index (κ2) is 6.15. The maximum Gasteiger partial charge on any atom is 0.161 e. The summed E-state index contributed by atoms with van der Waals surface area (Å²) in [5.74, 6) is 1.62. The fourth-order valence-electron chi connectivity index (χ4n) is 1.86. The number of nitrogens with zero attached hydrogens (tertiary/aromatic N) is 2. The minimum Gasteiger partial charge on any atom is -0.369 e. The Balaban J connectivity index is 2.42. The van der Waals surface area contributed by atoms with Crippen LogP contribution in [-0.4, -0.2) is 16.5 Å². The molecule has 100 valence electrons. The van der Waals surface area contributed by atoms with Crippen LogP contribution >= 0.6 is 15.9 Å². The summed E-state index contributed by atoms with van der Waals surface area (Å²) in [6.45, 7) is 7.25. The van der Waals surface area contributed by atoms with Crippen molar-refractivity contribution in [2.75, 3.05) is 11.9 Å². The Morgan fingerprint density at radius 2 is 2.05 bits per heavy atom. The number of hydrogen-bond acceptors (Lipinski definition) is 3. The lowest BCUT2D eigenvalue weighted by Crippen LogP contribution is -2.04. The van der Waals surface area contributed by atoms with Crippen LogP contribution in [-0.2, 0) is 0 Å². The van der Waals surface area contributed by atoms with E-state index in [-0.39, 0.29) is 0 Å². The predicted octanol–water partition coefficient (Wildman–Crippen LogP) is 4.34. The topological polar surface area (TPSA) is 37.8 Å². The van der Waals surface area contributed by atoms with Crippen molar-refractivity contribution < 1.29 is 0 Å². The Kier molecular flexibility index (Phi) is 4.53. The van der Waals surface area contributed by atoms with E-state index in [1.54, 1.807) is 0 Å². The van der Waals surface area contributed by atoms with Gasteiger partial charge in [0.25, 0.3) is 0 Å². The third-order valence-corrected chi connectivity index (χ3v) is 3.71. The van der Waals surface area contributed by atoms with E-state index >= 15 is 0 Å². The molecular weight excluding hydrogens is 302 g/mol. The van der Waals surface area contributed by atoms with E-state index in [2.05, 4.69) is 64.1 Å². The molecule has 0 bridgehead atoms. The molecule has 1 aromatic carbocycles. The average molecular weight is 320 g/mol. The molecule has 0 fully saturated rings. The van der Waals surface area contributed by atoms with Crippen LogP contribution in [0.5, 0.6) is 0 Å². The van der Waals surface area contributed by atoms with E-state index in [1.165, 1.54) is 11.1 Å². The highest BCUT2D eigenvalue weighted by atomic mass is 79.9. The van der Waals surface area contributed by atoms with Crippen LogP contribution in [0.1, 0.15) is 24.5 Å². The van der Waals surface area contributed by atoms with Gasteiger partial charge < -0.3 is 5.32 Å². The zero-order chi connectivity index (χ0) is 13.8. The molecule has 1 N–H and O–H groups in total. The minimum atomic E-state index is 0.767. The van der Waals surface area contributed by atoms with E-state index in [9.17, 15) is 0 Å². The normalized spacial score (nSPS) is 10.5. The fraction of sp³-hybridized carbons (Fsp3) is 0.333. The molecule has 3 nitrogen and oxygen atoms in total. The van der Waals surface area contributed by atoms with Gasteiger partial charge in [-0.25, -0.2) is 9.97 Å². The molecule has 0 saturated heterocycles. The number of hydrogen-bond donors (Lipinski definition) is 1. The molecule has 2 aromatic rings. The van der Waals surface area contributed by atoms with Crippen LogP contribution in [0.15, 0.2) is 28.9 Å². The summed E-state index contributed by atoms with van der Waals surface area (Å²) in [5.41, 5.74) is 3.57. The summed E-state index contributed by atoms with van der Waals surface area (Å²) in [7, 11) is 0. The number of benzene rings is 1. The van der Waals surface area contributed by atoms with E-state index in [0.717, 1.165) is 34.6 Å². The summed E-state index contributed by atoms with van der Waals surface area (Å²) in [5, 5.41) is 3.31. The van der Waals surface area contributed by atoms with Gasteiger partial charge in [0.15, 0.2) is 5.82 Å². The van der Waals surface area contributed by atoms with Gasteiger partial charge in [0.05, 0.1) is 4.47 Å². The van der Waals surface area contributed by atoms with Gasteiger partial charge in [-0.2, -0.15) is 0 Å². The van der Waals surface area contributed by atoms with Crippen molar-refractivity contribution in [1.29, 1.82) is 0 Å². The van der Waals surface area contributed by atoms with Gasteiger partial charge in [0.2, 0.25) is 0 Å². The summed E-state index contributed by atoms with van der Waals surface area (Å²) in [6, 6.07) is 6.21. The van der Waals surface area contributed by atoms with Crippen LogP contribution in [0, 0.1) is 13.8 Å². The molecule has 0 aliphatic carbocycles. The number of halogens is 1. The van der Waals surface area contributed by atoms with Gasteiger partial charge in [0.1, 0.15) is 5.82 Å². The average Bonchev–Trinajstić information content (AvgIpc) is 2.41. The predicted molar refractivity (Wildman–Crippen MR) is 83.4 cm³/mol. The molecule has 1 aromatic heterocycles. The molecule has 1 heterocycles. The molecule has 19 heavy (non-hydrogen) atoms. The van der Waals surface area contributed by atoms with Gasteiger partial charge in [-0.1, -0.05) is 25.1 Å². The van der Waals surface area contributed by atoms with Gasteiger partial charge in [-0.3, -0.25) is 0 Å². The van der Waals surface area contributed by atoms with Crippen LogP contribution in [0.4, 0.5) is 5.82 Å². The molecule has 0 spiro atoms.